The molecule has 30 heavy (non-hydrogen) atoms. The first-order chi connectivity index (χ1) is 14.6. The largest absolute Gasteiger partial charge is 0.347 e. The highest BCUT2D eigenvalue weighted by Crippen LogP contribution is 2.18. The normalized spacial score (nSPS) is 11.9. The van der Waals surface area contributed by atoms with E-state index in [1.807, 2.05) is 66.7 Å². The Morgan fingerprint density at radius 3 is 2.30 bits per heavy atom. The van der Waals surface area contributed by atoms with Gasteiger partial charge >= 0.3 is 0 Å². The van der Waals surface area contributed by atoms with Crippen LogP contribution in [0.4, 0.5) is 0 Å². The van der Waals surface area contributed by atoms with Gasteiger partial charge in [0.1, 0.15) is 12.4 Å². The van der Waals surface area contributed by atoms with Gasteiger partial charge in [0.05, 0.1) is 16.9 Å². The molecule has 4 rings (SSSR count). The second kappa shape index (κ2) is 8.74. The molecule has 0 aliphatic rings. The molecule has 1 aromatic heterocycles. The van der Waals surface area contributed by atoms with Gasteiger partial charge < -0.3 is 5.32 Å². The van der Waals surface area contributed by atoms with Gasteiger partial charge in [-0.25, -0.2) is 4.98 Å². The average Bonchev–Trinajstić information content (AvgIpc) is 2.77. The molecule has 5 nitrogen and oxygen atoms in total. The molecule has 1 heterocycles. The summed E-state index contributed by atoms with van der Waals surface area (Å²) in [6, 6.07) is 26.9. The topological polar surface area (TPSA) is 64.0 Å². The lowest BCUT2D eigenvalue weighted by atomic mass is 9.99. The number of nitrogens with one attached hydrogen (secondary N) is 1. The van der Waals surface area contributed by atoms with Gasteiger partial charge in [0.2, 0.25) is 5.91 Å². The molecule has 150 valence electrons. The molecule has 1 amide bonds. The second-order valence-corrected chi connectivity index (χ2v) is 7.29. The predicted octanol–water partition coefficient (Wildman–Crippen LogP) is 3.81. The molecule has 0 aliphatic heterocycles. The zero-order valence-electron chi connectivity index (χ0n) is 16.8. The van der Waals surface area contributed by atoms with E-state index in [1.54, 1.807) is 25.1 Å². The lowest BCUT2D eigenvalue weighted by molar-refractivity contribution is -0.122. The van der Waals surface area contributed by atoms with E-state index in [0.717, 1.165) is 11.1 Å². The highest BCUT2D eigenvalue weighted by atomic mass is 16.2. The number of fused-ring (bicyclic) bond motifs is 1. The van der Waals surface area contributed by atoms with E-state index in [9.17, 15) is 9.59 Å². The summed E-state index contributed by atoms with van der Waals surface area (Å²) in [5.74, 6) is 0.301. The number of nitrogens with zero attached hydrogens (tertiary/aromatic N) is 2. The molecule has 0 unspecified atom stereocenters. The number of carbonyl (C=O) groups is 1. The van der Waals surface area contributed by atoms with Gasteiger partial charge in [-0.3, -0.25) is 14.2 Å². The van der Waals surface area contributed by atoms with Gasteiger partial charge in [0.25, 0.3) is 5.56 Å². The molecule has 0 radical (unpaired) electrons. The monoisotopic (exact) mass is 397 g/mol. The molecule has 0 saturated carbocycles. The summed E-state index contributed by atoms with van der Waals surface area (Å²) in [7, 11) is 0. The Bertz CT molecular complexity index is 1220. The first-order valence-electron chi connectivity index (χ1n) is 9.96. The minimum atomic E-state index is -0.220. The van der Waals surface area contributed by atoms with Crippen molar-refractivity contribution in [2.75, 3.05) is 0 Å². The zero-order chi connectivity index (χ0) is 20.9. The average molecular weight is 397 g/mol. The molecule has 0 aliphatic carbocycles. The summed E-state index contributed by atoms with van der Waals surface area (Å²) >= 11 is 0. The minimum Gasteiger partial charge on any atom is -0.347 e. The fourth-order valence-corrected chi connectivity index (χ4v) is 3.64. The van der Waals surface area contributed by atoms with Crippen LogP contribution in [-0.2, 0) is 17.8 Å². The summed E-state index contributed by atoms with van der Waals surface area (Å²) < 4.78 is 1.43. The van der Waals surface area contributed by atoms with Crippen LogP contribution < -0.4 is 10.9 Å². The Labute approximate surface area is 175 Å². The van der Waals surface area contributed by atoms with Crippen LogP contribution in [0.1, 0.15) is 23.0 Å². The maximum atomic E-state index is 12.9. The fraction of sp³-hybridized carbons (Fsp3) is 0.160. The molecule has 4 aromatic rings. The first-order valence-corrected chi connectivity index (χ1v) is 9.96. The summed E-state index contributed by atoms with van der Waals surface area (Å²) in [6.45, 7) is 1.68. The van der Waals surface area contributed by atoms with Crippen LogP contribution in [0, 0.1) is 6.92 Å². The first kappa shape index (κ1) is 19.6. The summed E-state index contributed by atoms with van der Waals surface area (Å²) in [5, 5.41) is 3.62. The summed E-state index contributed by atoms with van der Waals surface area (Å²) in [6.07, 6.45) is 0.667. The second-order valence-electron chi connectivity index (χ2n) is 7.29. The van der Waals surface area contributed by atoms with Crippen LogP contribution in [0.3, 0.4) is 0 Å². The van der Waals surface area contributed by atoms with E-state index in [0.29, 0.717) is 23.1 Å². The van der Waals surface area contributed by atoms with E-state index in [-0.39, 0.29) is 24.1 Å². The fourth-order valence-electron chi connectivity index (χ4n) is 3.64. The van der Waals surface area contributed by atoms with Gasteiger partial charge in [0, 0.05) is 0 Å². The van der Waals surface area contributed by atoms with Crippen LogP contribution in [0.15, 0.2) is 89.7 Å². The third kappa shape index (κ3) is 4.30. The van der Waals surface area contributed by atoms with E-state index in [1.165, 1.54) is 4.57 Å². The number of rotatable bonds is 6. The van der Waals surface area contributed by atoms with Gasteiger partial charge in [-0.1, -0.05) is 72.8 Å². The molecule has 0 spiro atoms. The highest BCUT2D eigenvalue weighted by Gasteiger charge is 2.17. The lowest BCUT2D eigenvalue weighted by Gasteiger charge is -2.20. The van der Waals surface area contributed by atoms with Crippen molar-refractivity contribution in [3.63, 3.8) is 0 Å². The van der Waals surface area contributed by atoms with Crippen LogP contribution in [0.25, 0.3) is 10.9 Å². The molecule has 1 atom stereocenters. The Morgan fingerprint density at radius 1 is 0.933 bits per heavy atom. The van der Waals surface area contributed by atoms with Crippen molar-refractivity contribution in [2.24, 2.45) is 0 Å². The van der Waals surface area contributed by atoms with Crippen molar-refractivity contribution in [1.29, 1.82) is 0 Å². The van der Waals surface area contributed by atoms with Crippen molar-refractivity contribution < 1.29 is 4.79 Å². The van der Waals surface area contributed by atoms with Crippen molar-refractivity contribution in [2.45, 2.75) is 25.9 Å². The van der Waals surface area contributed by atoms with Gasteiger partial charge in [-0.15, -0.1) is 0 Å². The zero-order valence-corrected chi connectivity index (χ0v) is 16.8. The highest BCUT2D eigenvalue weighted by molar-refractivity contribution is 5.79. The smallest absolute Gasteiger partial charge is 0.261 e. The Balaban J connectivity index is 1.59. The number of hydrogen-bond acceptors (Lipinski definition) is 3. The maximum Gasteiger partial charge on any atom is 0.261 e. The van der Waals surface area contributed by atoms with Crippen molar-refractivity contribution in [3.8, 4) is 0 Å². The van der Waals surface area contributed by atoms with Crippen LogP contribution in [0.2, 0.25) is 0 Å². The van der Waals surface area contributed by atoms with E-state index >= 15 is 0 Å². The van der Waals surface area contributed by atoms with E-state index < -0.39 is 0 Å². The molecular weight excluding hydrogens is 374 g/mol. The number of hydrogen-bond donors (Lipinski definition) is 1. The Hall–Kier alpha value is -3.73. The number of carbonyl (C=O) groups excluding carboxylic acids is 1. The molecular formula is C25H23N3O2. The molecule has 5 heteroatoms. The number of benzene rings is 3. The molecule has 3 aromatic carbocycles. The molecule has 0 saturated heterocycles. The van der Waals surface area contributed by atoms with Crippen LogP contribution >= 0.6 is 0 Å². The number of para-hydroxylation sites is 1. The Kier molecular flexibility index (Phi) is 5.70. The van der Waals surface area contributed by atoms with Crippen molar-refractivity contribution >= 4 is 16.8 Å². The molecule has 0 bridgehead atoms. The minimum absolute atomic E-state index is 0.0688. The van der Waals surface area contributed by atoms with Gasteiger partial charge in [-0.05, 0) is 36.6 Å². The third-order valence-corrected chi connectivity index (χ3v) is 5.17. The maximum absolute atomic E-state index is 12.9. The van der Waals surface area contributed by atoms with E-state index in [4.69, 9.17) is 0 Å². The standard InChI is InChI=1S/C25H23N3O2/c1-18-26-22-15-9-8-14-21(22)25(30)28(18)17-24(29)27-23(20-12-6-3-7-13-20)16-19-10-4-2-5-11-19/h2-15,23H,16-17H2,1H3,(H,27,29)/t23-/m1/s1. The molecule has 0 fully saturated rings. The summed E-state index contributed by atoms with van der Waals surface area (Å²) in [5.41, 5.74) is 2.60. The number of aromatic nitrogens is 2. The van der Waals surface area contributed by atoms with Crippen LogP contribution in [-0.4, -0.2) is 15.5 Å². The third-order valence-electron chi connectivity index (χ3n) is 5.17. The lowest BCUT2D eigenvalue weighted by Crippen LogP contribution is -2.36. The van der Waals surface area contributed by atoms with Crippen molar-refractivity contribution in [3.05, 3.63) is 112 Å². The predicted molar refractivity (Wildman–Crippen MR) is 118 cm³/mol. The summed E-state index contributed by atoms with van der Waals surface area (Å²) in [4.78, 5) is 30.3. The Morgan fingerprint density at radius 2 is 1.57 bits per heavy atom. The quantitative estimate of drug-likeness (QED) is 0.538. The van der Waals surface area contributed by atoms with Crippen LogP contribution in [0.5, 0.6) is 0 Å². The van der Waals surface area contributed by atoms with Crippen molar-refractivity contribution in [1.82, 2.24) is 14.9 Å². The van der Waals surface area contributed by atoms with Gasteiger partial charge in [-0.2, -0.15) is 0 Å². The number of aryl methyl sites for hydroxylation is 1. The van der Waals surface area contributed by atoms with Gasteiger partial charge in [0.15, 0.2) is 0 Å². The molecule has 1 N–H and O–H groups in total. The SMILES string of the molecule is Cc1nc2ccccc2c(=O)n1CC(=O)N[C@H](Cc1ccccc1)c1ccccc1. The van der Waals surface area contributed by atoms with E-state index in [2.05, 4.69) is 10.3 Å². The number of amides is 1.